The Labute approximate surface area is 638 Å². The molecule has 0 saturated carbocycles. The van der Waals surface area contributed by atoms with Gasteiger partial charge in [-0.15, -0.1) is 0 Å². The number of carbonyl (C=O) groups is 3. The maximum atomic E-state index is 13.0. The summed E-state index contributed by atoms with van der Waals surface area (Å²) in [6.45, 7) is 2.42. The minimum atomic E-state index is -4.94. The molecule has 0 aromatic rings. The Balaban J connectivity index is 4.55. The van der Waals surface area contributed by atoms with Crippen LogP contribution in [-0.2, 0) is 55.8 Å². The van der Waals surface area contributed by atoms with Gasteiger partial charge >= 0.3 is 33.6 Å². The first-order valence-electron chi connectivity index (χ1n) is 41.1. The molecule has 0 aliphatic heterocycles. The lowest BCUT2D eigenvalue weighted by Crippen LogP contribution is -2.30. The predicted octanol–water partition coefficient (Wildman–Crippen LogP) is 24.4. The van der Waals surface area contributed by atoms with Crippen LogP contribution in [0.15, 0.2) is 146 Å². The second-order valence-corrected chi connectivity index (χ2v) is 30.1. The van der Waals surface area contributed by atoms with E-state index < -0.39 is 91.5 Å². The zero-order valence-electron chi connectivity index (χ0n) is 65.9. The largest absolute Gasteiger partial charge is 0.472 e. The lowest BCUT2D eigenvalue weighted by molar-refractivity contribution is -0.161. The second-order valence-electron chi connectivity index (χ2n) is 27.2. The third-order valence-electron chi connectivity index (χ3n) is 17.0. The highest BCUT2D eigenvalue weighted by Gasteiger charge is 2.29. The van der Waals surface area contributed by atoms with Crippen molar-refractivity contribution in [2.45, 2.75) is 347 Å². The molecule has 105 heavy (non-hydrogen) atoms. The van der Waals surface area contributed by atoms with E-state index in [2.05, 4.69) is 167 Å². The number of allylic oxidation sites excluding steroid dienone is 24. The average Bonchev–Trinajstić information content (AvgIpc) is 0.915. The van der Waals surface area contributed by atoms with Gasteiger partial charge in [0.1, 0.15) is 25.4 Å². The van der Waals surface area contributed by atoms with Gasteiger partial charge in [0, 0.05) is 19.3 Å². The smallest absolute Gasteiger partial charge is 0.463 e. The Morgan fingerprint density at radius 2 is 0.505 bits per heavy atom. The van der Waals surface area contributed by atoms with Crippen LogP contribution in [0.2, 0.25) is 0 Å². The Hall–Kier alpha value is -4.57. The number of phosphoric acid groups is 2. The Morgan fingerprint density at radius 3 is 0.800 bits per heavy atom. The van der Waals surface area contributed by atoms with Gasteiger partial charge in [0.15, 0.2) is 6.10 Å². The third kappa shape index (κ3) is 80.3. The number of hydrogen-bond acceptors (Lipinski definition) is 14. The molecule has 0 rings (SSSR count). The van der Waals surface area contributed by atoms with Crippen molar-refractivity contribution in [3.05, 3.63) is 146 Å². The van der Waals surface area contributed by atoms with Gasteiger partial charge < -0.3 is 34.2 Å². The molecule has 0 saturated heterocycles. The summed E-state index contributed by atoms with van der Waals surface area (Å²) in [6.07, 6.45) is 97.5. The first kappa shape index (κ1) is 100. The fraction of sp³-hybridized carbons (Fsp3) is 0.690. The monoisotopic (exact) mass is 1510 g/mol. The van der Waals surface area contributed by atoms with Crippen molar-refractivity contribution in [1.82, 2.24) is 0 Å². The highest BCUT2D eigenvalue weighted by atomic mass is 31.2. The number of carbonyl (C=O) groups excluding carboxylic acids is 3. The van der Waals surface area contributed by atoms with E-state index in [4.69, 9.17) is 32.3 Å². The molecule has 18 heteroatoms. The van der Waals surface area contributed by atoms with E-state index in [9.17, 15) is 43.5 Å². The Kier molecular flexibility index (Phi) is 75.6. The number of rotatable bonds is 77. The first-order chi connectivity index (χ1) is 51.2. The molecule has 16 nitrogen and oxygen atoms in total. The zero-order chi connectivity index (χ0) is 76.6. The molecule has 602 valence electrons. The summed E-state index contributed by atoms with van der Waals surface area (Å²) in [4.78, 5) is 58.7. The summed E-state index contributed by atoms with van der Waals surface area (Å²) < 4.78 is 61.2. The molecule has 0 fully saturated rings. The molecular weight excluding hydrogens is 1360 g/mol. The quantitative estimate of drug-likeness (QED) is 0.0146. The number of unbranched alkanes of at least 4 members (excludes halogenated alkanes) is 30. The van der Waals surface area contributed by atoms with Crippen molar-refractivity contribution in [2.75, 3.05) is 39.6 Å². The van der Waals surface area contributed by atoms with E-state index in [1.807, 2.05) is 0 Å². The lowest BCUT2D eigenvalue weighted by Gasteiger charge is -2.21. The lowest BCUT2D eigenvalue weighted by atomic mass is 10.0. The second kappa shape index (κ2) is 79.0. The summed E-state index contributed by atoms with van der Waals surface area (Å²) in [5, 5.41) is 20.7. The van der Waals surface area contributed by atoms with Crippen LogP contribution < -0.4 is 0 Å². The van der Waals surface area contributed by atoms with Crippen LogP contribution in [0.5, 0.6) is 0 Å². The van der Waals surface area contributed by atoms with Crippen LogP contribution in [-0.4, -0.2) is 95.9 Å². The van der Waals surface area contributed by atoms with Gasteiger partial charge in [-0.3, -0.25) is 32.5 Å². The summed E-state index contributed by atoms with van der Waals surface area (Å²) >= 11 is 0. The minimum absolute atomic E-state index is 0.0835. The van der Waals surface area contributed by atoms with E-state index in [0.29, 0.717) is 19.3 Å². The zero-order valence-corrected chi connectivity index (χ0v) is 67.6. The molecule has 0 amide bonds. The van der Waals surface area contributed by atoms with Crippen LogP contribution in [0.25, 0.3) is 0 Å². The Bertz CT molecular complexity index is 2490. The molecule has 5 unspecified atom stereocenters. The molecule has 0 bridgehead atoms. The van der Waals surface area contributed by atoms with Gasteiger partial charge in [-0.1, -0.05) is 314 Å². The van der Waals surface area contributed by atoms with E-state index >= 15 is 0 Å². The SMILES string of the molecule is CC/C=C\C/C=C\C/C=C\C/C=C\C/C=C\CCCCCCCCCCCCCCCCCC(=O)OCC(O)COP(=O)(O)OCC(O)COP(=O)(O)OCC(COC(=O)CCCCCCCC/C=C\C/C=C\C/C=C\C/C=C\CC)OC(=O)CCCCCCCC/C=C\C/C=C\C/C=C\CCCCC. The molecule has 5 atom stereocenters. The molecule has 0 heterocycles. The van der Waals surface area contributed by atoms with Crippen LogP contribution in [0.1, 0.15) is 329 Å². The van der Waals surface area contributed by atoms with Gasteiger partial charge in [0.2, 0.25) is 0 Å². The Morgan fingerprint density at radius 1 is 0.276 bits per heavy atom. The van der Waals surface area contributed by atoms with Gasteiger partial charge in [-0.05, 0) is 141 Å². The molecule has 0 radical (unpaired) electrons. The van der Waals surface area contributed by atoms with Crippen molar-refractivity contribution in [3.63, 3.8) is 0 Å². The molecular formula is C87H148O16P2. The van der Waals surface area contributed by atoms with Crippen molar-refractivity contribution >= 4 is 33.6 Å². The van der Waals surface area contributed by atoms with Crippen LogP contribution >= 0.6 is 15.6 Å². The normalized spacial score (nSPS) is 14.7. The number of aliphatic hydroxyl groups excluding tert-OH is 2. The van der Waals surface area contributed by atoms with E-state index in [1.54, 1.807) is 0 Å². The predicted molar refractivity (Wildman–Crippen MR) is 436 cm³/mol. The molecule has 0 spiro atoms. The number of esters is 3. The molecule has 0 aliphatic carbocycles. The minimum Gasteiger partial charge on any atom is -0.463 e. The molecule has 4 N–H and O–H groups in total. The van der Waals surface area contributed by atoms with Gasteiger partial charge in [0.05, 0.1) is 26.4 Å². The maximum absolute atomic E-state index is 13.0. The fourth-order valence-corrected chi connectivity index (χ4v) is 12.4. The van der Waals surface area contributed by atoms with Crippen LogP contribution in [0.4, 0.5) is 0 Å². The molecule has 0 aromatic heterocycles. The van der Waals surface area contributed by atoms with Crippen molar-refractivity contribution in [1.29, 1.82) is 0 Å². The van der Waals surface area contributed by atoms with E-state index in [0.717, 1.165) is 173 Å². The summed E-state index contributed by atoms with van der Waals surface area (Å²) in [5.41, 5.74) is 0. The van der Waals surface area contributed by atoms with E-state index in [-0.39, 0.29) is 19.3 Å². The standard InChI is InChI=1S/C87H148O16P2/c1-4-7-10-13-16-19-22-25-28-31-34-35-36-37-38-39-40-41-42-43-44-45-48-50-52-55-58-61-64-67-70-73-85(90)97-76-82(88)77-99-104(93,94)100-78-83(89)79-101-105(95,96)102-81-84(103-87(92)75-72-69-66-63-60-57-54-51-47-33-30-27-24-21-18-15-12-9-6-3)80-98-86(91)74-71-68-65-62-59-56-53-49-46-32-29-26-23-20-17-14-11-8-5-2/h7-8,10-11,16-21,25-30,34-35,37-38,46-47,49,51,82-84,88-89H,4-6,9,12-15,22-24,31-33,36,39-45,48,50,52-81H2,1-3H3,(H,93,94)(H,95,96)/b10-7-,11-8-,19-16-,20-17-,21-18-,28-25-,29-26-,30-27-,35-34-,38-37-,49-46-,51-47-. The first-order valence-corrected chi connectivity index (χ1v) is 44.1. The van der Waals surface area contributed by atoms with Crippen molar-refractivity contribution in [3.8, 4) is 0 Å². The van der Waals surface area contributed by atoms with Crippen LogP contribution in [0, 0.1) is 0 Å². The fourth-order valence-electron chi connectivity index (χ4n) is 10.8. The van der Waals surface area contributed by atoms with Gasteiger partial charge in [-0.2, -0.15) is 0 Å². The number of aliphatic hydroxyl groups is 2. The van der Waals surface area contributed by atoms with Crippen molar-refractivity contribution < 1.29 is 75.8 Å². The highest BCUT2D eigenvalue weighted by molar-refractivity contribution is 7.47. The topological polar surface area (TPSA) is 231 Å². The summed E-state index contributed by atoms with van der Waals surface area (Å²) in [5.74, 6) is -1.60. The third-order valence-corrected chi connectivity index (χ3v) is 18.9. The number of hydrogen-bond donors (Lipinski definition) is 4. The van der Waals surface area contributed by atoms with Crippen molar-refractivity contribution in [2.24, 2.45) is 0 Å². The highest BCUT2D eigenvalue weighted by Crippen LogP contribution is 2.45. The van der Waals surface area contributed by atoms with E-state index in [1.165, 1.54) is 96.3 Å². The number of phosphoric ester groups is 2. The van der Waals surface area contributed by atoms with Crippen LogP contribution in [0.3, 0.4) is 0 Å². The summed E-state index contributed by atoms with van der Waals surface area (Å²) in [6, 6.07) is 0. The van der Waals surface area contributed by atoms with Gasteiger partial charge in [-0.25, -0.2) is 9.13 Å². The maximum Gasteiger partial charge on any atom is 0.472 e. The average molecular weight is 1510 g/mol. The van der Waals surface area contributed by atoms with Gasteiger partial charge in [0.25, 0.3) is 0 Å². The molecule has 0 aliphatic rings. The summed E-state index contributed by atoms with van der Waals surface area (Å²) in [7, 11) is -9.81. The molecule has 0 aromatic carbocycles. The number of ether oxygens (including phenoxy) is 3.